The lowest BCUT2D eigenvalue weighted by molar-refractivity contribution is -0.140. The van der Waals surface area contributed by atoms with Gasteiger partial charge in [0.05, 0.1) is 29.2 Å². The molecule has 36 heavy (non-hydrogen) atoms. The number of fused-ring (bicyclic) bond motifs is 2. The Kier molecular flexibility index (Phi) is 5.45. The molecule has 6 rings (SSSR count). The fraction of sp³-hybridized carbons (Fsp3) is 0.280. The molecule has 0 saturated carbocycles. The van der Waals surface area contributed by atoms with Gasteiger partial charge < -0.3 is 20.4 Å². The molecule has 0 unspecified atom stereocenters. The highest BCUT2D eigenvalue weighted by molar-refractivity contribution is 6.03. The van der Waals surface area contributed by atoms with Crippen molar-refractivity contribution in [2.45, 2.75) is 24.7 Å². The fourth-order valence-electron chi connectivity index (χ4n) is 4.69. The highest BCUT2D eigenvalue weighted by Gasteiger charge is 2.33. The van der Waals surface area contributed by atoms with Crippen molar-refractivity contribution in [1.82, 2.24) is 30.2 Å². The summed E-state index contributed by atoms with van der Waals surface area (Å²) >= 11 is 0. The highest BCUT2D eigenvalue weighted by Crippen LogP contribution is 2.37. The molecule has 1 aliphatic heterocycles. The smallest absolute Gasteiger partial charge is 0.378 e. The highest BCUT2D eigenvalue weighted by atomic mass is 19.4. The van der Waals surface area contributed by atoms with Gasteiger partial charge in [-0.3, -0.25) is 4.98 Å². The summed E-state index contributed by atoms with van der Waals surface area (Å²) in [5.74, 6) is 0.865. The van der Waals surface area contributed by atoms with Crippen molar-refractivity contribution in [3.63, 3.8) is 0 Å². The third-order valence-corrected chi connectivity index (χ3v) is 6.60. The molecule has 1 aliphatic carbocycles. The summed E-state index contributed by atoms with van der Waals surface area (Å²) in [6, 6.07) is 2.65. The molecule has 2 atom stereocenters. The number of nitrogens with one attached hydrogen (secondary N) is 3. The van der Waals surface area contributed by atoms with Crippen molar-refractivity contribution >= 4 is 33.3 Å². The van der Waals surface area contributed by atoms with Gasteiger partial charge in [-0.25, -0.2) is 15.0 Å². The number of aromatic amines is 1. The van der Waals surface area contributed by atoms with Crippen molar-refractivity contribution in [2.75, 3.05) is 25.5 Å². The molecule has 4 aromatic heterocycles. The first-order valence-corrected chi connectivity index (χ1v) is 11.5. The van der Waals surface area contributed by atoms with Gasteiger partial charge >= 0.3 is 6.18 Å². The lowest BCUT2D eigenvalue weighted by atomic mass is 9.97. The maximum Gasteiger partial charge on any atom is 0.431 e. The number of alkyl halides is 3. The summed E-state index contributed by atoms with van der Waals surface area (Å²) in [5, 5.41) is 7.98. The van der Waals surface area contributed by atoms with Crippen LogP contribution in [0.1, 0.15) is 17.7 Å². The topological polar surface area (TPSA) is 101 Å². The number of nitrogens with zero attached hydrogens (tertiary/aromatic N) is 4. The van der Waals surface area contributed by atoms with Crippen LogP contribution in [0.2, 0.25) is 0 Å². The number of H-pyrrole nitrogens is 1. The molecule has 0 radical (unpaired) electrons. The Bertz CT molecular complexity index is 1530. The van der Waals surface area contributed by atoms with Gasteiger partial charge in [-0.1, -0.05) is 18.2 Å². The van der Waals surface area contributed by atoms with Crippen LogP contribution in [0.3, 0.4) is 0 Å². The first kappa shape index (κ1) is 22.6. The van der Waals surface area contributed by atoms with Gasteiger partial charge in [0, 0.05) is 42.6 Å². The van der Waals surface area contributed by atoms with Crippen LogP contribution < -0.4 is 10.6 Å². The van der Waals surface area contributed by atoms with Crippen LogP contribution >= 0.6 is 0 Å². The van der Waals surface area contributed by atoms with E-state index in [4.69, 9.17) is 14.7 Å². The lowest BCUT2D eigenvalue weighted by Gasteiger charge is -2.32. The van der Waals surface area contributed by atoms with Crippen molar-refractivity contribution in [1.29, 1.82) is 0 Å². The second kappa shape index (κ2) is 8.68. The molecule has 1 fully saturated rings. The van der Waals surface area contributed by atoms with Crippen LogP contribution in [0.4, 0.5) is 19.0 Å². The molecule has 2 aliphatic rings. The van der Waals surface area contributed by atoms with Crippen molar-refractivity contribution < 1.29 is 17.9 Å². The Balaban J connectivity index is 1.54. The SMILES string of the molecule is CO[C@H]1CNCC[C@@H]1Nc1nc(-c2ccnc3[nH]c(C(F)(F)F)cc23)nc2cncc(C3=CC=C3)c12. The molecule has 184 valence electrons. The minimum atomic E-state index is -4.53. The number of allylic oxidation sites excluding steroid dienone is 4. The molecule has 0 bridgehead atoms. The number of hydrogen-bond donors (Lipinski definition) is 3. The summed E-state index contributed by atoms with van der Waals surface area (Å²) in [4.78, 5) is 20.4. The fourth-order valence-corrected chi connectivity index (χ4v) is 4.69. The van der Waals surface area contributed by atoms with E-state index in [-0.39, 0.29) is 23.6 Å². The molecule has 11 heteroatoms. The number of methoxy groups -OCH3 is 1. The Hall–Kier alpha value is -3.83. The first-order valence-electron chi connectivity index (χ1n) is 11.5. The monoisotopic (exact) mass is 493 g/mol. The normalized spacial score (nSPS) is 19.9. The van der Waals surface area contributed by atoms with E-state index in [0.717, 1.165) is 35.6 Å². The molecular formula is C25H22F3N7O. The zero-order valence-electron chi connectivity index (χ0n) is 19.2. The van der Waals surface area contributed by atoms with Crippen molar-refractivity contribution in [2.24, 2.45) is 0 Å². The first-order chi connectivity index (χ1) is 17.4. The molecule has 5 heterocycles. The summed E-state index contributed by atoms with van der Waals surface area (Å²) in [6.45, 7) is 1.52. The summed E-state index contributed by atoms with van der Waals surface area (Å²) in [5.41, 5.74) is 2.16. The molecule has 1 saturated heterocycles. The largest absolute Gasteiger partial charge is 0.431 e. The zero-order valence-corrected chi connectivity index (χ0v) is 19.2. The average molecular weight is 493 g/mol. The van der Waals surface area contributed by atoms with Gasteiger partial charge in [0.2, 0.25) is 0 Å². The molecule has 0 aromatic carbocycles. The second-order valence-electron chi connectivity index (χ2n) is 8.78. The number of anilines is 1. The molecule has 0 amide bonds. The molecule has 3 N–H and O–H groups in total. The van der Waals surface area contributed by atoms with Gasteiger partial charge in [-0.15, -0.1) is 0 Å². The average Bonchev–Trinajstić information content (AvgIpc) is 3.28. The van der Waals surface area contributed by atoms with E-state index in [1.54, 1.807) is 25.6 Å². The third-order valence-electron chi connectivity index (χ3n) is 6.60. The van der Waals surface area contributed by atoms with E-state index in [1.165, 1.54) is 6.20 Å². The Morgan fingerprint density at radius 3 is 2.78 bits per heavy atom. The van der Waals surface area contributed by atoms with Crippen LogP contribution in [0.25, 0.3) is 38.9 Å². The second-order valence-corrected chi connectivity index (χ2v) is 8.78. The summed E-state index contributed by atoms with van der Waals surface area (Å²) in [7, 11) is 1.67. The van der Waals surface area contributed by atoms with E-state index in [2.05, 4.69) is 25.6 Å². The van der Waals surface area contributed by atoms with Crippen LogP contribution in [0.15, 0.2) is 49.0 Å². The number of hydrogen-bond acceptors (Lipinski definition) is 7. The van der Waals surface area contributed by atoms with E-state index < -0.39 is 11.9 Å². The minimum Gasteiger partial charge on any atom is -0.378 e. The molecule has 4 aromatic rings. The van der Waals surface area contributed by atoms with Gasteiger partial charge in [0.25, 0.3) is 0 Å². The van der Waals surface area contributed by atoms with Crippen LogP contribution in [0.5, 0.6) is 0 Å². The quantitative estimate of drug-likeness (QED) is 0.381. The minimum absolute atomic E-state index is 0.0179. The van der Waals surface area contributed by atoms with Gasteiger partial charge in [0.15, 0.2) is 5.82 Å². The maximum atomic E-state index is 13.4. The predicted molar refractivity (Wildman–Crippen MR) is 130 cm³/mol. The van der Waals surface area contributed by atoms with Gasteiger partial charge in [-0.2, -0.15) is 13.2 Å². The summed E-state index contributed by atoms with van der Waals surface area (Å²) in [6.07, 6.45) is 7.00. The van der Waals surface area contributed by atoms with E-state index in [0.29, 0.717) is 28.8 Å². The van der Waals surface area contributed by atoms with E-state index >= 15 is 0 Å². The number of halogens is 3. The Morgan fingerprint density at radius 2 is 2.03 bits per heavy atom. The Morgan fingerprint density at radius 1 is 1.17 bits per heavy atom. The van der Waals surface area contributed by atoms with Crippen molar-refractivity contribution in [3.05, 3.63) is 60.2 Å². The number of aromatic nitrogens is 5. The number of piperidine rings is 1. The molecule has 8 nitrogen and oxygen atoms in total. The van der Waals surface area contributed by atoms with Crippen LogP contribution in [-0.4, -0.2) is 57.3 Å². The molecular weight excluding hydrogens is 471 g/mol. The van der Waals surface area contributed by atoms with Crippen LogP contribution in [0, 0.1) is 0 Å². The van der Waals surface area contributed by atoms with Gasteiger partial charge in [0.1, 0.15) is 17.2 Å². The standard InChI is InChI=1S/C25H22F3N7O/c1-36-19-12-29-7-6-17(19)32-24-21-16(13-3-2-4-13)10-30-11-18(21)33-23(35-24)14-5-8-31-22-15(14)9-20(34-22)25(26,27)28/h2-5,8-11,17,19,29H,6-7,12H2,1H3,(H,31,34)(H,32,33,35)/t17-,19-/m0/s1. The Labute approximate surface area is 203 Å². The summed E-state index contributed by atoms with van der Waals surface area (Å²) < 4.78 is 45.8. The van der Waals surface area contributed by atoms with E-state index in [1.807, 2.05) is 18.2 Å². The maximum absolute atomic E-state index is 13.4. The zero-order chi connectivity index (χ0) is 24.9. The van der Waals surface area contributed by atoms with Crippen molar-refractivity contribution in [3.8, 4) is 11.4 Å². The van der Waals surface area contributed by atoms with Gasteiger partial charge in [-0.05, 0) is 30.7 Å². The number of rotatable bonds is 5. The number of ether oxygens (including phenoxy) is 1. The van der Waals surface area contributed by atoms with Crippen LogP contribution in [-0.2, 0) is 10.9 Å². The molecule has 0 spiro atoms. The third kappa shape index (κ3) is 3.90. The number of pyridine rings is 2. The predicted octanol–water partition coefficient (Wildman–Crippen LogP) is 4.33. The van der Waals surface area contributed by atoms with E-state index in [9.17, 15) is 13.2 Å². The lowest BCUT2D eigenvalue weighted by Crippen LogP contribution is -2.48.